The Kier molecular flexibility index (Phi) is 3.05. The molecule has 2 unspecified atom stereocenters. The van der Waals surface area contributed by atoms with E-state index in [4.69, 9.17) is 9.84 Å². The number of hydrogen-bond donors (Lipinski definition) is 2. The third kappa shape index (κ3) is 2.14. The second-order valence-electron chi connectivity index (χ2n) is 3.92. The van der Waals surface area contributed by atoms with E-state index in [1.54, 1.807) is 12.4 Å². The van der Waals surface area contributed by atoms with E-state index in [1.807, 2.05) is 13.0 Å². The fraction of sp³-hybridized carbons (Fsp3) is 0.455. The van der Waals surface area contributed by atoms with Crippen molar-refractivity contribution in [1.29, 1.82) is 0 Å². The number of nitrogens with zero attached hydrogens (tertiary/aromatic N) is 1. The van der Waals surface area contributed by atoms with Gasteiger partial charge in [0.25, 0.3) is 0 Å². The predicted molar refractivity (Wildman–Crippen MR) is 58.3 cm³/mol. The Hall–Kier alpha value is -1.62. The molecule has 16 heavy (non-hydrogen) atoms. The molecule has 1 aromatic heterocycles. The van der Waals surface area contributed by atoms with Gasteiger partial charge in [-0.3, -0.25) is 9.78 Å². The largest absolute Gasteiger partial charge is 0.481 e. The van der Waals surface area contributed by atoms with E-state index in [0.717, 1.165) is 11.3 Å². The summed E-state index contributed by atoms with van der Waals surface area (Å²) in [6.07, 6.45) is 3.43. The summed E-state index contributed by atoms with van der Waals surface area (Å²) in [5.41, 5.74) is 1.91. The van der Waals surface area contributed by atoms with Crippen LogP contribution in [0.25, 0.3) is 0 Å². The van der Waals surface area contributed by atoms with Gasteiger partial charge < -0.3 is 15.2 Å². The van der Waals surface area contributed by atoms with Gasteiger partial charge in [-0.05, 0) is 18.6 Å². The molecule has 0 aliphatic carbocycles. The molecule has 1 fully saturated rings. The quantitative estimate of drug-likeness (QED) is 0.795. The van der Waals surface area contributed by atoms with Gasteiger partial charge in [-0.15, -0.1) is 0 Å². The lowest BCUT2D eigenvalue weighted by Gasteiger charge is -2.18. The molecule has 5 heteroatoms. The molecule has 2 rings (SSSR count). The molecule has 0 radical (unpaired) electrons. The van der Waals surface area contributed by atoms with E-state index in [0.29, 0.717) is 6.61 Å². The molecule has 1 aliphatic rings. The Morgan fingerprint density at radius 1 is 1.62 bits per heavy atom. The normalized spacial score (nSPS) is 24.3. The molecule has 1 saturated heterocycles. The highest BCUT2D eigenvalue weighted by atomic mass is 16.5. The van der Waals surface area contributed by atoms with Crippen molar-refractivity contribution < 1.29 is 14.6 Å². The molecule has 2 heterocycles. The Labute approximate surface area is 93.5 Å². The molecule has 5 nitrogen and oxygen atoms in total. The highest BCUT2D eigenvalue weighted by Gasteiger charge is 2.34. The number of carbonyl (C=O) groups is 1. The smallest absolute Gasteiger partial charge is 0.311 e. The van der Waals surface area contributed by atoms with E-state index >= 15 is 0 Å². The van der Waals surface area contributed by atoms with Crippen molar-refractivity contribution in [3.05, 3.63) is 24.0 Å². The summed E-state index contributed by atoms with van der Waals surface area (Å²) < 4.78 is 5.18. The van der Waals surface area contributed by atoms with E-state index in [2.05, 4.69) is 10.3 Å². The Bertz CT molecular complexity index is 395. The number of carboxylic acid groups (broad SMARTS) is 1. The molecule has 1 aliphatic heterocycles. The molecule has 0 amide bonds. The Morgan fingerprint density at radius 2 is 2.44 bits per heavy atom. The van der Waals surface area contributed by atoms with Crippen molar-refractivity contribution in [3.63, 3.8) is 0 Å². The van der Waals surface area contributed by atoms with Crippen molar-refractivity contribution in [2.75, 3.05) is 18.5 Å². The van der Waals surface area contributed by atoms with Gasteiger partial charge in [0.2, 0.25) is 0 Å². The van der Waals surface area contributed by atoms with Crippen molar-refractivity contribution in [2.45, 2.75) is 13.0 Å². The first-order valence-corrected chi connectivity index (χ1v) is 5.16. The topological polar surface area (TPSA) is 71.5 Å². The van der Waals surface area contributed by atoms with Crippen LogP contribution >= 0.6 is 0 Å². The van der Waals surface area contributed by atoms with Crippen LogP contribution in [0.3, 0.4) is 0 Å². The van der Waals surface area contributed by atoms with Gasteiger partial charge in [0.15, 0.2) is 0 Å². The van der Waals surface area contributed by atoms with Crippen molar-refractivity contribution in [3.8, 4) is 0 Å². The molecule has 0 spiro atoms. The van der Waals surface area contributed by atoms with Crippen LogP contribution in [0.2, 0.25) is 0 Å². The van der Waals surface area contributed by atoms with Gasteiger partial charge in [-0.25, -0.2) is 0 Å². The molecule has 0 aromatic carbocycles. The van der Waals surface area contributed by atoms with E-state index in [-0.39, 0.29) is 12.6 Å². The maximum absolute atomic E-state index is 11.0. The number of nitrogens with one attached hydrogen (secondary N) is 1. The fourth-order valence-electron chi connectivity index (χ4n) is 1.78. The van der Waals surface area contributed by atoms with Gasteiger partial charge in [0.05, 0.1) is 19.3 Å². The van der Waals surface area contributed by atoms with Gasteiger partial charge in [0, 0.05) is 18.1 Å². The van der Waals surface area contributed by atoms with E-state index < -0.39 is 11.9 Å². The number of pyridine rings is 1. The summed E-state index contributed by atoms with van der Waals surface area (Å²) in [6.45, 7) is 2.64. The summed E-state index contributed by atoms with van der Waals surface area (Å²) in [5, 5.41) is 12.2. The summed E-state index contributed by atoms with van der Waals surface area (Å²) in [6, 6.07) is 1.67. The summed E-state index contributed by atoms with van der Waals surface area (Å²) in [5.74, 6) is -1.30. The standard InChI is InChI=1S/C11H14N2O3/c1-7-4-12-3-2-9(7)13-10-6-16-5-8(10)11(14)15/h2-4,8,10H,5-6H2,1H3,(H,12,13)(H,14,15). The van der Waals surface area contributed by atoms with Crippen LogP contribution in [-0.2, 0) is 9.53 Å². The van der Waals surface area contributed by atoms with Crippen LogP contribution in [0.5, 0.6) is 0 Å². The predicted octanol–water partition coefficient (Wildman–Crippen LogP) is 0.902. The van der Waals surface area contributed by atoms with Crippen LogP contribution in [0.15, 0.2) is 18.5 Å². The van der Waals surface area contributed by atoms with Crippen molar-refractivity contribution in [2.24, 2.45) is 5.92 Å². The highest BCUT2D eigenvalue weighted by molar-refractivity contribution is 5.72. The molecule has 0 bridgehead atoms. The number of anilines is 1. The first-order valence-electron chi connectivity index (χ1n) is 5.16. The maximum atomic E-state index is 11.0. The average Bonchev–Trinajstić information content (AvgIpc) is 2.69. The lowest BCUT2D eigenvalue weighted by molar-refractivity contribution is -0.141. The number of aliphatic carboxylic acids is 1. The molecule has 2 atom stereocenters. The number of aryl methyl sites for hydroxylation is 1. The maximum Gasteiger partial charge on any atom is 0.311 e. The zero-order chi connectivity index (χ0) is 11.5. The average molecular weight is 222 g/mol. The van der Waals surface area contributed by atoms with Gasteiger partial charge >= 0.3 is 5.97 Å². The zero-order valence-electron chi connectivity index (χ0n) is 9.01. The minimum atomic E-state index is -0.818. The number of ether oxygens (including phenoxy) is 1. The third-order valence-electron chi connectivity index (χ3n) is 2.76. The summed E-state index contributed by atoms with van der Waals surface area (Å²) in [4.78, 5) is 14.9. The lowest BCUT2D eigenvalue weighted by atomic mass is 10.0. The van der Waals surface area contributed by atoms with Gasteiger partial charge in [-0.1, -0.05) is 0 Å². The first kappa shape index (κ1) is 10.9. The van der Waals surface area contributed by atoms with E-state index in [9.17, 15) is 4.79 Å². The van der Waals surface area contributed by atoms with Gasteiger partial charge in [0.1, 0.15) is 5.92 Å². The van der Waals surface area contributed by atoms with Crippen LogP contribution < -0.4 is 5.32 Å². The van der Waals surface area contributed by atoms with Crippen LogP contribution in [-0.4, -0.2) is 35.3 Å². The van der Waals surface area contributed by atoms with Crippen LogP contribution in [0, 0.1) is 12.8 Å². The summed E-state index contributed by atoms with van der Waals surface area (Å²) >= 11 is 0. The van der Waals surface area contributed by atoms with Crippen molar-refractivity contribution in [1.82, 2.24) is 4.98 Å². The first-order chi connectivity index (χ1) is 7.68. The molecular weight excluding hydrogens is 208 g/mol. The summed E-state index contributed by atoms with van der Waals surface area (Å²) in [7, 11) is 0. The third-order valence-corrected chi connectivity index (χ3v) is 2.76. The molecular formula is C11H14N2O3. The number of hydrogen-bond acceptors (Lipinski definition) is 4. The minimum Gasteiger partial charge on any atom is -0.481 e. The number of rotatable bonds is 3. The minimum absolute atomic E-state index is 0.168. The Morgan fingerprint density at radius 3 is 3.12 bits per heavy atom. The van der Waals surface area contributed by atoms with Crippen molar-refractivity contribution >= 4 is 11.7 Å². The molecule has 1 aromatic rings. The lowest BCUT2D eigenvalue weighted by Crippen LogP contribution is -2.33. The fourth-order valence-corrected chi connectivity index (χ4v) is 1.78. The Balaban J connectivity index is 2.10. The van der Waals surface area contributed by atoms with Gasteiger partial charge in [-0.2, -0.15) is 0 Å². The monoisotopic (exact) mass is 222 g/mol. The second-order valence-corrected chi connectivity index (χ2v) is 3.92. The van der Waals surface area contributed by atoms with E-state index in [1.165, 1.54) is 0 Å². The number of aromatic nitrogens is 1. The molecule has 86 valence electrons. The molecule has 2 N–H and O–H groups in total. The van der Waals surface area contributed by atoms with Crippen LogP contribution in [0.1, 0.15) is 5.56 Å². The number of carboxylic acids is 1. The SMILES string of the molecule is Cc1cnccc1NC1COCC1C(=O)O. The highest BCUT2D eigenvalue weighted by Crippen LogP contribution is 2.21. The van der Waals surface area contributed by atoms with Crippen LogP contribution in [0.4, 0.5) is 5.69 Å². The molecule has 0 saturated carbocycles. The second kappa shape index (κ2) is 4.49. The zero-order valence-corrected chi connectivity index (χ0v) is 9.01.